The van der Waals surface area contributed by atoms with Crippen LogP contribution in [0.3, 0.4) is 0 Å². The SMILES string of the molecule is CN1C(=O)CC(n2c(CCCl)nc3cc(Cl)ccc32)C1=O. The molecule has 1 aliphatic heterocycles. The largest absolute Gasteiger partial charge is 0.315 e. The van der Waals surface area contributed by atoms with E-state index >= 15 is 0 Å². The summed E-state index contributed by atoms with van der Waals surface area (Å²) in [5.41, 5.74) is 1.50. The summed E-state index contributed by atoms with van der Waals surface area (Å²) in [6, 6.07) is 4.76. The van der Waals surface area contributed by atoms with E-state index in [1.807, 2.05) is 10.6 Å². The van der Waals surface area contributed by atoms with Crippen LogP contribution in [0.5, 0.6) is 0 Å². The number of rotatable bonds is 3. The second-order valence-corrected chi connectivity index (χ2v) is 5.80. The average Bonchev–Trinajstić information content (AvgIpc) is 2.91. The number of carbonyl (C=O) groups is 2. The summed E-state index contributed by atoms with van der Waals surface area (Å²) in [6.45, 7) is 0. The molecule has 21 heavy (non-hydrogen) atoms. The van der Waals surface area contributed by atoms with E-state index in [-0.39, 0.29) is 18.2 Å². The van der Waals surface area contributed by atoms with Crippen molar-refractivity contribution in [3.05, 3.63) is 29.0 Å². The van der Waals surface area contributed by atoms with E-state index in [9.17, 15) is 9.59 Å². The number of hydrogen-bond donors (Lipinski definition) is 0. The van der Waals surface area contributed by atoms with Crippen molar-refractivity contribution in [3.63, 3.8) is 0 Å². The molecule has 1 aromatic carbocycles. The number of alkyl halides is 1. The molecule has 1 aromatic heterocycles. The second kappa shape index (κ2) is 5.31. The smallest absolute Gasteiger partial charge is 0.252 e. The zero-order valence-electron chi connectivity index (χ0n) is 11.3. The van der Waals surface area contributed by atoms with E-state index in [0.717, 1.165) is 10.4 Å². The van der Waals surface area contributed by atoms with Gasteiger partial charge in [-0.1, -0.05) is 11.6 Å². The lowest BCUT2D eigenvalue weighted by Gasteiger charge is -2.14. The lowest BCUT2D eigenvalue weighted by atomic mass is 10.2. The first kappa shape index (κ1) is 14.4. The van der Waals surface area contributed by atoms with Crippen LogP contribution in [-0.4, -0.2) is 39.2 Å². The molecule has 2 amide bonds. The van der Waals surface area contributed by atoms with Gasteiger partial charge in [0.05, 0.1) is 17.5 Å². The summed E-state index contributed by atoms with van der Waals surface area (Å²) in [4.78, 5) is 29.7. The Morgan fingerprint density at radius 3 is 2.76 bits per heavy atom. The van der Waals surface area contributed by atoms with Gasteiger partial charge >= 0.3 is 0 Å². The summed E-state index contributed by atoms with van der Waals surface area (Å²) in [5.74, 6) is 0.688. The molecule has 1 atom stereocenters. The van der Waals surface area contributed by atoms with Gasteiger partial charge in [0.15, 0.2) is 0 Å². The molecule has 3 rings (SSSR count). The van der Waals surface area contributed by atoms with E-state index in [0.29, 0.717) is 28.7 Å². The van der Waals surface area contributed by atoms with Gasteiger partial charge in [-0.25, -0.2) is 4.98 Å². The Morgan fingerprint density at radius 1 is 1.38 bits per heavy atom. The van der Waals surface area contributed by atoms with Gasteiger partial charge in [-0.05, 0) is 18.2 Å². The maximum atomic E-state index is 12.3. The molecule has 0 spiro atoms. The maximum absolute atomic E-state index is 12.3. The van der Waals surface area contributed by atoms with Crippen molar-refractivity contribution in [3.8, 4) is 0 Å². The Balaban J connectivity index is 2.18. The zero-order valence-corrected chi connectivity index (χ0v) is 12.9. The first-order valence-corrected chi connectivity index (χ1v) is 7.47. The van der Waals surface area contributed by atoms with Crippen molar-refractivity contribution in [1.29, 1.82) is 0 Å². The number of halogens is 2. The quantitative estimate of drug-likeness (QED) is 0.643. The number of fused-ring (bicyclic) bond motifs is 1. The van der Waals surface area contributed by atoms with Crippen LogP contribution < -0.4 is 0 Å². The summed E-state index contributed by atoms with van der Waals surface area (Å²) in [6.07, 6.45) is 0.675. The number of nitrogens with zero attached hydrogens (tertiary/aromatic N) is 3. The Hall–Kier alpha value is -1.59. The minimum Gasteiger partial charge on any atom is -0.315 e. The van der Waals surface area contributed by atoms with Crippen LogP contribution in [0.2, 0.25) is 5.02 Å². The third kappa shape index (κ3) is 2.30. The molecule has 1 unspecified atom stereocenters. The maximum Gasteiger partial charge on any atom is 0.252 e. The topological polar surface area (TPSA) is 55.2 Å². The van der Waals surface area contributed by atoms with E-state index < -0.39 is 6.04 Å². The van der Waals surface area contributed by atoms with Crippen LogP contribution in [-0.2, 0) is 16.0 Å². The average molecular weight is 326 g/mol. The first-order valence-electron chi connectivity index (χ1n) is 6.55. The molecule has 2 aromatic rings. The van der Waals surface area contributed by atoms with Crippen LogP contribution in [0.25, 0.3) is 11.0 Å². The molecule has 0 N–H and O–H groups in total. The monoisotopic (exact) mass is 325 g/mol. The highest BCUT2D eigenvalue weighted by Crippen LogP contribution is 2.30. The van der Waals surface area contributed by atoms with Crippen LogP contribution >= 0.6 is 23.2 Å². The van der Waals surface area contributed by atoms with E-state index in [2.05, 4.69) is 4.98 Å². The molecule has 0 bridgehead atoms. The predicted octanol–water partition coefficient (Wildman–Crippen LogP) is 2.40. The van der Waals surface area contributed by atoms with Crippen LogP contribution in [0.15, 0.2) is 18.2 Å². The number of aromatic nitrogens is 2. The van der Waals surface area contributed by atoms with Gasteiger partial charge in [0.2, 0.25) is 5.91 Å². The summed E-state index contributed by atoms with van der Waals surface area (Å²) in [5, 5.41) is 0.579. The van der Waals surface area contributed by atoms with Crippen molar-refractivity contribution in [1.82, 2.24) is 14.5 Å². The molecule has 5 nitrogen and oxygen atoms in total. The number of imide groups is 1. The Bertz CT molecular complexity index is 741. The summed E-state index contributed by atoms with van der Waals surface area (Å²) in [7, 11) is 1.50. The molecule has 0 saturated carbocycles. The number of benzene rings is 1. The van der Waals surface area contributed by atoms with E-state index in [1.54, 1.807) is 12.1 Å². The van der Waals surface area contributed by atoms with Crippen LogP contribution in [0, 0.1) is 0 Å². The fourth-order valence-electron chi connectivity index (χ4n) is 2.67. The van der Waals surface area contributed by atoms with Crippen LogP contribution in [0.4, 0.5) is 0 Å². The summed E-state index contributed by atoms with van der Waals surface area (Å²) < 4.78 is 1.82. The molecule has 2 heterocycles. The van der Waals surface area contributed by atoms with Crippen molar-refractivity contribution in [2.24, 2.45) is 0 Å². The van der Waals surface area contributed by atoms with Gasteiger partial charge in [-0.3, -0.25) is 14.5 Å². The number of amides is 2. The van der Waals surface area contributed by atoms with E-state index in [1.165, 1.54) is 7.05 Å². The number of imidazole rings is 1. The first-order chi connectivity index (χ1) is 10.0. The number of likely N-dealkylation sites (N-methyl/N-ethyl adjacent to an activating group) is 1. The lowest BCUT2D eigenvalue weighted by Crippen LogP contribution is -2.27. The van der Waals surface area contributed by atoms with Crippen LogP contribution in [0.1, 0.15) is 18.3 Å². The highest BCUT2D eigenvalue weighted by molar-refractivity contribution is 6.31. The number of hydrogen-bond acceptors (Lipinski definition) is 3. The van der Waals surface area contributed by atoms with Gasteiger partial charge in [-0.2, -0.15) is 0 Å². The summed E-state index contributed by atoms with van der Waals surface area (Å²) >= 11 is 11.8. The van der Waals surface area contributed by atoms with Crippen molar-refractivity contribution in [2.75, 3.05) is 12.9 Å². The van der Waals surface area contributed by atoms with E-state index in [4.69, 9.17) is 23.2 Å². The highest BCUT2D eigenvalue weighted by Gasteiger charge is 2.38. The fraction of sp³-hybridized carbons (Fsp3) is 0.357. The molecule has 0 aliphatic carbocycles. The molecule has 1 saturated heterocycles. The van der Waals surface area contributed by atoms with Gasteiger partial charge in [0.1, 0.15) is 11.9 Å². The minimum absolute atomic E-state index is 0.151. The standard InChI is InChI=1S/C14H13Cl2N3O2/c1-18-13(20)7-11(14(18)21)19-10-3-2-8(16)6-9(10)17-12(19)4-5-15/h2-3,6,11H,4-5,7H2,1H3. The van der Waals surface area contributed by atoms with Gasteiger partial charge in [0, 0.05) is 24.4 Å². The number of likely N-dealkylation sites (tertiary alicyclic amines) is 1. The molecule has 7 heteroatoms. The normalized spacial score (nSPS) is 19.0. The molecule has 1 aliphatic rings. The minimum atomic E-state index is -0.549. The molecular weight excluding hydrogens is 313 g/mol. The Kier molecular flexibility index (Phi) is 3.63. The third-order valence-electron chi connectivity index (χ3n) is 3.71. The highest BCUT2D eigenvalue weighted by atomic mass is 35.5. The Morgan fingerprint density at radius 2 is 2.14 bits per heavy atom. The molecule has 110 valence electrons. The lowest BCUT2D eigenvalue weighted by molar-refractivity contribution is -0.137. The van der Waals surface area contributed by atoms with Gasteiger partial charge < -0.3 is 4.57 Å². The fourth-order valence-corrected chi connectivity index (χ4v) is 3.00. The molecule has 1 fully saturated rings. The van der Waals surface area contributed by atoms with Crippen molar-refractivity contribution in [2.45, 2.75) is 18.9 Å². The predicted molar refractivity (Wildman–Crippen MR) is 80.6 cm³/mol. The number of aryl methyl sites for hydroxylation is 1. The zero-order chi connectivity index (χ0) is 15.1. The number of carbonyl (C=O) groups excluding carboxylic acids is 2. The molecule has 0 radical (unpaired) electrons. The van der Waals surface area contributed by atoms with Crippen molar-refractivity contribution < 1.29 is 9.59 Å². The second-order valence-electron chi connectivity index (χ2n) is 4.98. The molecular formula is C14H13Cl2N3O2. The third-order valence-corrected chi connectivity index (χ3v) is 4.14. The van der Waals surface area contributed by atoms with Crippen molar-refractivity contribution >= 4 is 46.0 Å². The Labute approximate surface area is 131 Å². The van der Waals surface area contributed by atoms with Gasteiger partial charge in [0.25, 0.3) is 5.91 Å². The van der Waals surface area contributed by atoms with Gasteiger partial charge in [-0.15, -0.1) is 11.6 Å².